The van der Waals surface area contributed by atoms with Crippen LogP contribution in [0.25, 0.3) is 17.2 Å². The highest BCUT2D eigenvalue weighted by Gasteiger charge is 2.35. The van der Waals surface area contributed by atoms with E-state index in [1.807, 2.05) is 36.9 Å². The molecule has 1 saturated heterocycles. The lowest BCUT2D eigenvalue weighted by molar-refractivity contribution is -0.133. The van der Waals surface area contributed by atoms with Gasteiger partial charge in [-0.15, -0.1) is 0 Å². The molecule has 10 heteroatoms. The van der Waals surface area contributed by atoms with Crippen LogP contribution in [0.4, 0.5) is 10.3 Å². The SMILES string of the molecule is Cc1ccc(-c2ncc(C(F)C(N)=O)n2-c2ccnc(NC3CCCN(C(=O)C4CC4)C3)n2)cc1C. The molecule has 0 spiro atoms. The minimum atomic E-state index is -2.05. The molecule has 2 atom stereocenters. The van der Waals surface area contributed by atoms with E-state index in [1.54, 1.807) is 12.3 Å². The number of hydrogen-bond donors (Lipinski definition) is 2. The lowest BCUT2D eigenvalue weighted by Gasteiger charge is -2.33. The van der Waals surface area contributed by atoms with Crippen LogP contribution >= 0.6 is 0 Å². The number of primary amides is 1. The fraction of sp³-hybridized carbons (Fsp3) is 0.423. The number of aromatic nitrogens is 4. The second-order valence-corrected chi connectivity index (χ2v) is 9.69. The molecular weight excluding hydrogens is 461 g/mol. The number of nitrogens with two attached hydrogens (primary N) is 1. The Labute approximate surface area is 208 Å². The quantitative estimate of drug-likeness (QED) is 0.524. The average molecular weight is 492 g/mol. The number of nitrogens with zero attached hydrogens (tertiary/aromatic N) is 5. The van der Waals surface area contributed by atoms with Gasteiger partial charge in [-0.05, 0) is 62.8 Å². The van der Waals surface area contributed by atoms with Gasteiger partial charge in [-0.25, -0.2) is 14.4 Å². The lowest BCUT2D eigenvalue weighted by atomic mass is 10.1. The summed E-state index contributed by atoms with van der Waals surface area (Å²) >= 11 is 0. The molecule has 5 rings (SSSR count). The number of rotatable bonds is 7. The van der Waals surface area contributed by atoms with Crippen molar-refractivity contribution >= 4 is 17.8 Å². The van der Waals surface area contributed by atoms with Crippen molar-refractivity contribution in [2.75, 3.05) is 18.4 Å². The third-order valence-electron chi connectivity index (χ3n) is 6.93. The van der Waals surface area contributed by atoms with E-state index < -0.39 is 12.1 Å². The average Bonchev–Trinajstić information content (AvgIpc) is 3.63. The summed E-state index contributed by atoms with van der Waals surface area (Å²) in [4.78, 5) is 39.6. The second-order valence-electron chi connectivity index (χ2n) is 9.69. The summed E-state index contributed by atoms with van der Waals surface area (Å²) < 4.78 is 16.4. The third kappa shape index (κ3) is 4.80. The van der Waals surface area contributed by atoms with Gasteiger partial charge in [-0.1, -0.05) is 12.1 Å². The van der Waals surface area contributed by atoms with Gasteiger partial charge in [0.1, 0.15) is 11.6 Å². The van der Waals surface area contributed by atoms with Crippen LogP contribution in [0.15, 0.2) is 36.7 Å². The van der Waals surface area contributed by atoms with Gasteiger partial charge >= 0.3 is 0 Å². The number of piperidine rings is 1. The molecule has 0 bridgehead atoms. The third-order valence-corrected chi connectivity index (χ3v) is 6.93. The fourth-order valence-corrected chi connectivity index (χ4v) is 4.62. The summed E-state index contributed by atoms with van der Waals surface area (Å²) in [6.07, 6.45) is 4.60. The number of carbonyl (C=O) groups excluding carboxylic acids is 2. The number of hydrogen-bond acceptors (Lipinski definition) is 6. The number of alkyl halides is 1. The number of benzene rings is 1. The smallest absolute Gasteiger partial charge is 0.258 e. The van der Waals surface area contributed by atoms with Crippen molar-refractivity contribution in [3.8, 4) is 17.2 Å². The highest BCUT2D eigenvalue weighted by Crippen LogP contribution is 2.32. The number of halogens is 1. The van der Waals surface area contributed by atoms with Gasteiger partial charge in [0.25, 0.3) is 5.91 Å². The van der Waals surface area contributed by atoms with E-state index in [1.165, 1.54) is 10.8 Å². The van der Waals surface area contributed by atoms with Crippen molar-refractivity contribution in [3.63, 3.8) is 0 Å². The Morgan fingerprint density at radius 1 is 1.14 bits per heavy atom. The summed E-state index contributed by atoms with van der Waals surface area (Å²) in [6, 6.07) is 7.48. The first kappa shape index (κ1) is 23.9. The number of aryl methyl sites for hydroxylation is 2. The predicted octanol–water partition coefficient (Wildman–Crippen LogP) is 3.25. The number of carbonyl (C=O) groups is 2. The van der Waals surface area contributed by atoms with E-state index in [-0.39, 0.29) is 23.6 Å². The van der Waals surface area contributed by atoms with Gasteiger partial charge in [0, 0.05) is 36.8 Å². The highest BCUT2D eigenvalue weighted by molar-refractivity contribution is 5.81. The Balaban J connectivity index is 1.46. The normalized spacial score (nSPS) is 18.6. The van der Waals surface area contributed by atoms with E-state index in [0.29, 0.717) is 24.1 Å². The number of anilines is 1. The molecule has 0 radical (unpaired) electrons. The topological polar surface area (TPSA) is 119 Å². The maximum atomic E-state index is 14.9. The maximum absolute atomic E-state index is 14.9. The van der Waals surface area contributed by atoms with Crippen molar-refractivity contribution < 1.29 is 14.0 Å². The molecule has 2 amide bonds. The van der Waals surface area contributed by atoms with E-state index in [0.717, 1.165) is 48.9 Å². The molecular formula is C26H30FN7O2. The number of likely N-dealkylation sites (tertiary alicyclic amines) is 1. The molecule has 2 aliphatic rings. The van der Waals surface area contributed by atoms with E-state index in [2.05, 4.69) is 20.3 Å². The van der Waals surface area contributed by atoms with Crippen LogP contribution in [0.1, 0.15) is 48.7 Å². The van der Waals surface area contributed by atoms with E-state index in [4.69, 9.17) is 5.73 Å². The number of nitrogens with one attached hydrogen (secondary N) is 1. The molecule has 2 aromatic heterocycles. The molecule has 1 aromatic carbocycles. The zero-order valence-electron chi connectivity index (χ0n) is 20.4. The summed E-state index contributed by atoms with van der Waals surface area (Å²) in [6.45, 7) is 5.37. The van der Waals surface area contributed by atoms with Crippen molar-refractivity contribution in [1.82, 2.24) is 24.4 Å². The first-order chi connectivity index (χ1) is 17.3. The summed E-state index contributed by atoms with van der Waals surface area (Å²) in [5.41, 5.74) is 8.23. The van der Waals surface area contributed by atoms with Gasteiger partial charge in [0.15, 0.2) is 0 Å². The highest BCUT2D eigenvalue weighted by atomic mass is 19.1. The molecule has 1 aliphatic heterocycles. The van der Waals surface area contributed by atoms with Gasteiger partial charge in [-0.2, -0.15) is 4.98 Å². The zero-order chi connectivity index (χ0) is 25.4. The van der Waals surface area contributed by atoms with Crippen molar-refractivity contribution in [2.45, 2.75) is 51.7 Å². The molecule has 1 aliphatic carbocycles. The lowest BCUT2D eigenvalue weighted by Crippen LogP contribution is -2.45. The first-order valence-corrected chi connectivity index (χ1v) is 12.3. The minimum absolute atomic E-state index is 0.000695. The van der Waals surface area contributed by atoms with E-state index in [9.17, 15) is 14.0 Å². The largest absolute Gasteiger partial charge is 0.367 e. The predicted molar refractivity (Wildman–Crippen MR) is 133 cm³/mol. The van der Waals surface area contributed by atoms with Crippen LogP contribution in [0.5, 0.6) is 0 Å². The van der Waals surface area contributed by atoms with E-state index >= 15 is 0 Å². The monoisotopic (exact) mass is 491 g/mol. The van der Waals surface area contributed by atoms with Crippen LogP contribution < -0.4 is 11.1 Å². The Hall–Kier alpha value is -3.82. The van der Waals surface area contributed by atoms with Crippen molar-refractivity contribution in [2.24, 2.45) is 11.7 Å². The fourth-order valence-electron chi connectivity index (χ4n) is 4.62. The maximum Gasteiger partial charge on any atom is 0.258 e. The molecule has 3 aromatic rings. The van der Waals surface area contributed by atoms with Gasteiger partial charge < -0.3 is 16.0 Å². The molecule has 188 valence electrons. The molecule has 3 N–H and O–H groups in total. The molecule has 2 unspecified atom stereocenters. The van der Waals surface area contributed by atoms with Crippen LogP contribution in [-0.4, -0.2) is 55.4 Å². The van der Waals surface area contributed by atoms with Crippen LogP contribution in [0.3, 0.4) is 0 Å². The molecule has 1 saturated carbocycles. The molecule has 2 fully saturated rings. The Kier molecular flexibility index (Phi) is 6.42. The Morgan fingerprint density at radius 3 is 2.67 bits per heavy atom. The first-order valence-electron chi connectivity index (χ1n) is 12.3. The standard InChI is InChI=1S/C26H30FN7O2/c1-15-5-6-18(12-16(15)2)24-30-13-20(22(27)23(28)35)34(24)21-9-10-29-26(32-21)31-19-4-3-11-33(14-19)25(36)17-7-8-17/h5-6,9-10,12-13,17,19,22H,3-4,7-8,11,14H2,1-2H3,(H2,28,35)(H,29,31,32). The second kappa shape index (κ2) is 9.67. The summed E-state index contributed by atoms with van der Waals surface area (Å²) in [5, 5.41) is 3.34. The minimum Gasteiger partial charge on any atom is -0.367 e. The van der Waals surface area contributed by atoms with Crippen LogP contribution in [0.2, 0.25) is 0 Å². The van der Waals surface area contributed by atoms with Crippen LogP contribution in [0, 0.1) is 19.8 Å². The zero-order valence-corrected chi connectivity index (χ0v) is 20.4. The Bertz CT molecular complexity index is 1300. The number of imidazole rings is 1. The van der Waals surface area contributed by atoms with Gasteiger partial charge in [0.2, 0.25) is 18.0 Å². The van der Waals surface area contributed by atoms with Crippen molar-refractivity contribution in [3.05, 3.63) is 53.5 Å². The molecule has 36 heavy (non-hydrogen) atoms. The number of amides is 2. The molecule has 3 heterocycles. The summed E-state index contributed by atoms with van der Waals surface area (Å²) in [5.74, 6) is 0.485. The van der Waals surface area contributed by atoms with Gasteiger partial charge in [0.05, 0.1) is 11.9 Å². The van der Waals surface area contributed by atoms with Crippen LogP contribution in [-0.2, 0) is 9.59 Å². The Morgan fingerprint density at radius 2 is 1.94 bits per heavy atom. The molecule has 9 nitrogen and oxygen atoms in total. The van der Waals surface area contributed by atoms with Crippen molar-refractivity contribution in [1.29, 1.82) is 0 Å². The summed E-state index contributed by atoms with van der Waals surface area (Å²) in [7, 11) is 0. The van der Waals surface area contributed by atoms with Gasteiger partial charge in [-0.3, -0.25) is 14.2 Å².